The quantitative estimate of drug-likeness (QED) is 0.204. The highest BCUT2D eigenvalue weighted by atomic mass is 79.9. The van der Waals surface area contributed by atoms with E-state index in [4.69, 9.17) is 4.74 Å². The van der Waals surface area contributed by atoms with Crippen LogP contribution in [0.3, 0.4) is 0 Å². The first-order valence-corrected chi connectivity index (χ1v) is 14.0. The van der Waals surface area contributed by atoms with Gasteiger partial charge in [0.15, 0.2) is 0 Å². The lowest BCUT2D eigenvalue weighted by molar-refractivity contribution is 0.332. The van der Waals surface area contributed by atoms with Crippen molar-refractivity contribution < 1.29 is 4.74 Å². The lowest BCUT2D eigenvalue weighted by atomic mass is 9.43. The minimum absolute atomic E-state index is 0.0468. The highest BCUT2D eigenvalue weighted by Crippen LogP contribution is 2.78. The molecule has 3 atom stereocenters. The van der Waals surface area contributed by atoms with Gasteiger partial charge in [-0.05, 0) is 63.2 Å². The summed E-state index contributed by atoms with van der Waals surface area (Å²) in [5.74, 6) is 2.65. The molecule has 1 aliphatic heterocycles. The summed E-state index contributed by atoms with van der Waals surface area (Å²) in [6, 6.07) is 37.7. The fraction of sp³-hybridized carbons (Fsp3) is 0.0909. The number of fused-ring (bicyclic) bond motifs is 9. The topological polar surface area (TPSA) is 9.23 Å². The Kier molecular flexibility index (Phi) is 3.71. The molecule has 0 saturated heterocycles. The van der Waals surface area contributed by atoms with Gasteiger partial charge in [0.2, 0.25) is 0 Å². The Balaban J connectivity index is 1.32. The summed E-state index contributed by atoms with van der Waals surface area (Å²) in [6.45, 7) is 0. The predicted molar refractivity (Wildman–Crippen MR) is 148 cm³/mol. The molecule has 36 heavy (non-hydrogen) atoms. The van der Waals surface area contributed by atoms with E-state index in [1.165, 1.54) is 58.8 Å². The van der Waals surface area contributed by atoms with Crippen molar-refractivity contribution in [2.24, 2.45) is 0 Å². The van der Waals surface area contributed by atoms with Crippen molar-refractivity contribution in [1.29, 1.82) is 0 Å². The molecule has 0 N–H and O–H groups in total. The average Bonchev–Trinajstić information content (AvgIpc) is 3.13. The Morgan fingerprint density at radius 3 is 2.08 bits per heavy atom. The van der Waals surface area contributed by atoms with E-state index in [2.05, 4.69) is 113 Å². The Labute approximate surface area is 222 Å². The summed E-state index contributed by atoms with van der Waals surface area (Å²) < 4.78 is 7.81. The van der Waals surface area contributed by atoms with Crippen molar-refractivity contribution in [3.63, 3.8) is 0 Å². The van der Waals surface area contributed by atoms with Gasteiger partial charge in [-0.15, -0.1) is 0 Å². The van der Waals surface area contributed by atoms with Gasteiger partial charge in [-0.3, -0.25) is 0 Å². The minimum atomic E-state index is 0.0468. The maximum atomic E-state index is 6.60. The van der Waals surface area contributed by atoms with Crippen LogP contribution in [-0.2, 0) is 5.41 Å². The third-order valence-electron chi connectivity index (χ3n) is 8.71. The first-order valence-electron chi connectivity index (χ1n) is 12.4. The molecule has 1 heterocycles. The van der Waals surface area contributed by atoms with E-state index in [9.17, 15) is 0 Å². The number of hydrogen-bond acceptors (Lipinski definition) is 2. The molecule has 5 aromatic rings. The van der Waals surface area contributed by atoms with Crippen LogP contribution in [0.15, 0.2) is 117 Å². The molecule has 5 aromatic carbocycles. The third-order valence-corrected chi connectivity index (χ3v) is 10.5. The van der Waals surface area contributed by atoms with Crippen LogP contribution in [0.1, 0.15) is 45.2 Å². The maximum Gasteiger partial charge on any atom is 0.149 e. The van der Waals surface area contributed by atoms with E-state index in [1.54, 1.807) is 11.8 Å². The van der Waals surface area contributed by atoms with Crippen LogP contribution < -0.4 is 4.74 Å². The Hall–Kier alpha value is -3.27. The zero-order chi connectivity index (χ0) is 23.6. The lowest BCUT2D eigenvalue weighted by Gasteiger charge is -2.58. The molecule has 3 heteroatoms. The number of rotatable bonds is 1. The summed E-state index contributed by atoms with van der Waals surface area (Å²) in [4.78, 5) is 2.35. The molecule has 0 radical (unpaired) electrons. The van der Waals surface area contributed by atoms with Crippen molar-refractivity contribution in [1.82, 2.24) is 0 Å². The molecule has 0 amide bonds. The summed E-state index contributed by atoms with van der Waals surface area (Å²) >= 11 is 5.79. The van der Waals surface area contributed by atoms with Crippen molar-refractivity contribution in [2.45, 2.75) is 27.0 Å². The van der Waals surface area contributed by atoms with Crippen LogP contribution in [0.4, 0.5) is 0 Å². The smallest absolute Gasteiger partial charge is 0.149 e. The fourth-order valence-corrected chi connectivity index (χ4v) is 9.06. The monoisotopic (exact) mass is 542 g/mol. The number of halogens is 1. The van der Waals surface area contributed by atoms with Crippen molar-refractivity contribution >= 4 is 27.7 Å². The second-order valence-corrected chi connectivity index (χ2v) is 12.1. The molecule has 170 valence electrons. The summed E-state index contributed by atoms with van der Waals surface area (Å²) in [5, 5.41) is 0. The van der Waals surface area contributed by atoms with Crippen LogP contribution in [0.5, 0.6) is 11.5 Å². The van der Waals surface area contributed by atoms with E-state index in [0.717, 1.165) is 11.5 Å². The number of hydrogen-bond donors (Lipinski definition) is 0. The Morgan fingerprint density at radius 1 is 0.611 bits per heavy atom. The van der Waals surface area contributed by atoms with Gasteiger partial charge < -0.3 is 4.74 Å². The normalized spacial score (nSPS) is 22.8. The predicted octanol–water partition coefficient (Wildman–Crippen LogP) is 9.26. The molecule has 1 nitrogen and oxygen atoms in total. The molecule has 4 aliphatic rings. The zero-order valence-electron chi connectivity index (χ0n) is 19.2. The van der Waals surface area contributed by atoms with E-state index in [1.807, 2.05) is 6.07 Å². The maximum absolute atomic E-state index is 6.60. The summed E-state index contributed by atoms with van der Waals surface area (Å²) in [7, 11) is 0. The number of para-hydroxylation sites is 2. The SMILES string of the molecule is Brc1ccc(-c2cccc3c2Oc2ccccc2S3)c2c1C1c3ccccc3C13c1ccccc1C23. The highest BCUT2D eigenvalue weighted by molar-refractivity contribution is 9.10. The third kappa shape index (κ3) is 2.14. The van der Waals surface area contributed by atoms with Gasteiger partial charge in [0.25, 0.3) is 0 Å². The van der Waals surface area contributed by atoms with Crippen LogP contribution >= 0.6 is 27.7 Å². The van der Waals surface area contributed by atoms with E-state index < -0.39 is 0 Å². The van der Waals surface area contributed by atoms with Gasteiger partial charge in [0.1, 0.15) is 11.5 Å². The Morgan fingerprint density at radius 2 is 1.28 bits per heavy atom. The molecule has 0 bridgehead atoms. The second kappa shape index (κ2) is 6.73. The van der Waals surface area contributed by atoms with Gasteiger partial charge >= 0.3 is 0 Å². The van der Waals surface area contributed by atoms with E-state index in [-0.39, 0.29) is 5.41 Å². The molecule has 0 aromatic heterocycles. The van der Waals surface area contributed by atoms with Crippen molar-refractivity contribution in [3.8, 4) is 22.6 Å². The van der Waals surface area contributed by atoms with Crippen LogP contribution in [-0.4, -0.2) is 0 Å². The molecule has 3 aliphatic carbocycles. The molecule has 0 saturated carbocycles. The van der Waals surface area contributed by atoms with Crippen LogP contribution in [0.2, 0.25) is 0 Å². The molecular weight excluding hydrogens is 524 g/mol. The highest BCUT2D eigenvalue weighted by Gasteiger charge is 2.70. The first kappa shape index (κ1) is 19.9. The van der Waals surface area contributed by atoms with Crippen molar-refractivity contribution in [3.05, 3.63) is 141 Å². The summed E-state index contributed by atoms with van der Waals surface area (Å²) in [6.07, 6.45) is 0. The Bertz CT molecular complexity index is 1790. The standard InChI is InChI=1S/C33H19BrOS/c34-24-17-16-18(19-10-7-15-27-32(19)35-25-13-5-6-14-26(25)36-27)28-29(24)31-21-9-2-4-12-23(21)33(31)22-11-3-1-8-20(22)30(28)33/h1-17,30-31H. The minimum Gasteiger partial charge on any atom is -0.454 e. The van der Waals surface area contributed by atoms with Gasteiger partial charge in [-0.25, -0.2) is 0 Å². The molecule has 3 unspecified atom stereocenters. The molecular formula is C33H19BrOS. The van der Waals surface area contributed by atoms with Gasteiger partial charge in [-0.2, -0.15) is 0 Å². The van der Waals surface area contributed by atoms with Crippen LogP contribution in [0.25, 0.3) is 11.1 Å². The van der Waals surface area contributed by atoms with Gasteiger partial charge in [0.05, 0.1) is 9.79 Å². The molecule has 9 rings (SSSR count). The second-order valence-electron chi connectivity index (χ2n) is 10.1. The van der Waals surface area contributed by atoms with Crippen molar-refractivity contribution in [2.75, 3.05) is 0 Å². The average molecular weight is 543 g/mol. The van der Waals surface area contributed by atoms with E-state index >= 15 is 0 Å². The fourth-order valence-electron chi connectivity index (χ4n) is 7.50. The molecule has 0 fully saturated rings. The van der Waals surface area contributed by atoms with Gasteiger partial charge in [0, 0.05) is 27.3 Å². The van der Waals surface area contributed by atoms with Crippen LogP contribution in [0, 0.1) is 0 Å². The first-order chi connectivity index (χ1) is 17.8. The van der Waals surface area contributed by atoms with E-state index in [0.29, 0.717) is 11.8 Å². The number of ether oxygens (including phenoxy) is 1. The molecule has 1 spiro atoms. The zero-order valence-corrected chi connectivity index (χ0v) is 21.6. The lowest BCUT2D eigenvalue weighted by Crippen LogP contribution is -2.52. The summed E-state index contributed by atoms with van der Waals surface area (Å²) in [5.41, 5.74) is 11.4. The number of benzene rings is 5. The van der Waals surface area contributed by atoms with Gasteiger partial charge in [-0.1, -0.05) is 107 Å². The largest absolute Gasteiger partial charge is 0.454 e.